The second-order valence-electron chi connectivity index (χ2n) is 5.26. The van der Waals surface area contributed by atoms with Crippen molar-refractivity contribution < 1.29 is 14.6 Å². The molecular formula is C15H21ClN2O3. The Hall–Kier alpha value is -1.30. The van der Waals surface area contributed by atoms with Crippen LogP contribution in [0.2, 0.25) is 5.02 Å². The van der Waals surface area contributed by atoms with E-state index in [-0.39, 0.29) is 24.7 Å². The van der Waals surface area contributed by atoms with Crippen LogP contribution in [0.3, 0.4) is 0 Å². The van der Waals surface area contributed by atoms with Crippen LogP contribution < -0.4 is 10.6 Å². The first kappa shape index (κ1) is 16.1. The lowest BCUT2D eigenvalue weighted by molar-refractivity contribution is 0.0856. The van der Waals surface area contributed by atoms with Gasteiger partial charge in [-0.25, -0.2) is 4.79 Å². The van der Waals surface area contributed by atoms with Gasteiger partial charge in [-0.3, -0.25) is 0 Å². The highest BCUT2D eigenvalue weighted by molar-refractivity contribution is 6.30. The molecule has 6 heteroatoms. The number of urea groups is 1. The number of carbonyl (C=O) groups excluding carboxylic acids is 1. The van der Waals surface area contributed by atoms with Crippen molar-refractivity contribution in [2.24, 2.45) is 0 Å². The van der Waals surface area contributed by atoms with Crippen LogP contribution in [-0.4, -0.2) is 36.4 Å². The molecule has 1 fully saturated rings. The Morgan fingerprint density at radius 2 is 2.19 bits per heavy atom. The fourth-order valence-corrected chi connectivity index (χ4v) is 2.47. The topological polar surface area (TPSA) is 70.6 Å². The summed E-state index contributed by atoms with van der Waals surface area (Å²) < 4.78 is 5.52. The molecular weight excluding hydrogens is 292 g/mol. The van der Waals surface area contributed by atoms with E-state index in [1.807, 2.05) is 6.92 Å². The number of hydrogen-bond donors (Lipinski definition) is 3. The molecule has 5 nitrogen and oxygen atoms in total. The summed E-state index contributed by atoms with van der Waals surface area (Å²) in [6, 6.07) is 6.55. The number of aliphatic hydroxyl groups excluding tert-OH is 1. The maximum absolute atomic E-state index is 11.8. The molecule has 0 aromatic heterocycles. The minimum Gasteiger partial charge on any atom is -0.387 e. The van der Waals surface area contributed by atoms with E-state index in [9.17, 15) is 9.90 Å². The van der Waals surface area contributed by atoms with Crippen molar-refractivity contribution in [3.8, 4) is 0 Å². The van der Waals surface area contributed by atoms with E-state index in [4.69, 9.17) is 16.3 Å². The number of aliphatic hydroxyl groups is 1. The van der Waals surface area contributed by atoms with E-state index in [1.54, 1.807) is 24.3 Å². The molecule has 1 saturated heterocycles. The zero-order chi connectivity index (χ0) is 15.2. The van der Waals surface area contributed by atoms with E-state index in [1.165, 1.54) is 0 Å². The van der Waals surface area contributed by atoms with Crippen LogP contribution in [0.5, 0.6) is 0 Å². The van der Waals surface area contributed by atoms with Crippen LogP contribution in [0.1, 0.15) is 31.4 Å². The number of amides is 2. The summed E-state index contributed by atoms with van der Waals surface area (Å²) in [4.78, 5) is 11.8. The van der Waals surface area contributed by atoms with Gasteiger partial charge < -0.3 is 20.5 Å². The minimum absolute atomic E-state index is 0.0415. The number of carbonyl (C=O) groups is 1. The maximum Gasteiger partial charge on any atom is 0.315 e. The van der Waals surface area contributed by atoms with Gasteiger partial charge in [0.05, 0.1) is 18.2 Å². The van der Waals surface area contributed by atoms with Crippen molar-refractivity contribution in [1.29, 1.82) is 0 Å². The van der Waals surface area contributed by atoms with Crippen molar-refractivity contribution in [2.45, 2.75) is 38.0 Å². The summed E-state index contributed by atoms with van der Waals surface area (Å²) in [5.74, 6) is 0. The molecule has 0 bridgehead atoms. The van der Waals surface area contributed by atoms with Gasteiger partial charge in [0.25, 0.3) is 0 Å². The fraction of sp³-hybridized carbons (Fsp3) is 0.533. The van der Waals surface area contributed by atoms with E-state index < -0.39 is 6.10 Å². The highest BCUT2D eigenvalue weighted by Crippen LogP contribution is 2.16. The summed E-state index contributed by atoms with van der Waals surface area (Å²) in [5.41, 5.74) is 0.715. The van der Waals surface area contributed by atoms with Crippen LogP contribution >= 0.6 is 11.6 Å². The third-order valence-corrected chi connectivity index (χ3v) is 3.84. The van der Waals surface area contributed by atoms with E-state index in [0.29, 0.717) is 10.6 Å². The maximum atomic E-state index is 11.8. The minimum atomic E-state index is -0.758. The van der Waals surface area contributed by atoms with Crippen molar-refractivity contribution in [1.82, 2.24) is 10.6 Å². The smallest absolute Gasteiger partial charge is 0.315 e. The van der Waals surface area contributed by atoms with Crippen molar-refractivity contribution in [2.75, 3.05) is 13.2 Å². The van der Waals surface area contributed by atoms with E-state index >= 15 is 0 Å². The highest BCUT2D eigenvalue weighted by atomic mass is 35.5. The number of rotatable bonds is 5. The molecule has 21 heavy (non-hydrogen) atoms. The molecule has 0 radical (unpaired) electrons. The molecule has 2 amide bonds. The molecule has 0 spiro atoms. The SMILES string of the molecule is CC(NC(=O)NCC(O)c1ccc(Cl)cc1)C1CCCO1. The molecule has 3 N–H and O–H groups in total. The first-order chi connectivity index (χ1) is 10.1. The second kappa shape index (κ2) is 7.64. The van der Waals surface area contributed by atoms with Crippen LogP contribution in [0.25, 0.3) is 0 Å². The Balaban J connectivity index is 1.74. The predicted molar refractivity (Wildman–Crippen MR) is 81.4 cm³/mol. The summed E-state index contributed by atoms with van der Waals surface area (Å²) in [6.07, 6.45) is 1.32. The van der Waals surface area contributed by atoms with Gasteiger partial charge in [-0.2, -0.15) is 0 Å². The molecule has 3 unspecified atom stereocenters. The van der Waals surface area contributed by atoms with Crippen molar-refractivity contribution in [3.63, 3.8) is 0 Å². The molecule has 1 aliphatic heterocycles. The average Bonchev–Trinajstić information content (AvgIpc) is 3.00. The Kier molecular flexibility index (Phi) is 5.85. The zero-order valence-corrected chi connectivity index (χ0v) is 12.8. The van der Waals surface area contributed by atoms with Gasteiger partial charge in [0.1, 0.15) is 0 Å². The highest BCUT2D eigenvalue weighted by Gasteiger charge is 2.23. The van der Waals surface area contributed by atoms with Crippen LogP contribution in [0.4, 0.5) is 4.79 Å². The molecule has 1 aliphatic rings. The summed E-state index contributed by atoms with van der Waals surface area (Å²) in [6.45, 7) is 2.82. The molecule has 0 aliphatic carbocycles. The summed E-state index contributed by atoms with van der Waals surface area (Å²) in [5, 5.41) is 16.1. The van der Waals surface area contributed by atoms with E-state index in [0.717, 1.165) is 19.4 Å². The quantitative estimate of drug-likeness (QED) is 0.781. The van der Waals surface area contributed by atoms with Crippen molar-refractivity contribution >= 4 is 17.6 Å². The lowest BCUT2D eigenvalue weighted by atomic mass is 10.1. The number of benzene rings is 1. The van der Waals surface area contributed by atoms with Crippen molar-refractivity contribution in [3.05, 3.63) is 34.9 Å². The Morgan fingerprint density at radius 3 is 2.81 bits per heavy atom. The first-order valence-corrected chi connectivity index (χ1v) is 7.53. The molecule has 0 saturated carbocycles. The zero-order valence-electron chi connectivity index (χ0n) is 12.0. The number of hydrogen-bond acceptors (Lipinski definition) is 3. The number of nitrogens with one attached hydrogen (secondary N) is 2. The number of halogens is 1. The summed E-state index contributed by atoms with van der Waals surface area (Å²) >= 11 is 5.79. The first-order valence-electron chi connectivity index (χ1n) is 7.16. The molecule has 2 rings (SSSR count). The van der Waals surface area contributed by atoms with Gasteiger partial charge in [0, 0.05) is 18.2 Å². The monoisotopic (exact) mass is 312 g/mol. The van der Waals surface area contributed by atoms with E-state index in [2.05, 4.69) is 10.6 Å². The standard InChI is InChI=1S/C15H21ClN2O3/c1-10(14-3-2-8-21-14)18-15(20)17-9-13(19)11-4-6-12(16)7-5-11/h4-7,10,13-14,19H,2-3,8-9H2,1H3,(H2,17,18,20). The largest absolute Gasteiger partial charge is 0.387 e. The average molecular weight is 313 g/mol. The predicted octanol–water partition coefficient (Wildman–Crippen LogP) is 2.24. The van der Waals surface area contributed by atoms with Gasteiger partial charge >= 0.3 is 6.03 Å². The van der Waals surface area contributed by atoms with Gasteiger partial charge in [0.15, 0.2) is 0 Å². The van der Waals surface area contributed by atoms with Gasteiger partial charge in [-0.1, -0.05) is 23.7 Å². The normalized spacial score (nSPS) is 20.8. The molecule has 1 aromatic carbocycles. The molecule has 1 heterocycles. The fourth-order valence-electron chi connectivity index (χ4n) is 2.34. The molecule has 1 aromatic rings. The van der Waals surface area contributed by atoms with Gasteiger partial charge in [-0.05, 0) is 37.5 Å². The lowest BCUT2D eigenvalue weighted by Crippen LogP contribution is -2.46. The molecule has 116 valence electrons. The Bertz CT molecular complexity index is 460. The Labute approximate surface area is 129 Å². The third-order valence-electron chi connectivity index (χ3n) is 3.59. The lowest BCUT2D eigenvalue weighted by Gasteiger charge is -2.21. The third kappa shape index (κ3) is 4.88. The Morgan fingerprint density at radius 1 is 1.48 bits per heavy atom. The van der Waals surface area contributed by atoms with Crippen LogP contribution in [-0.2, 0) is 4.74 Å². The van der Waals surface area contributed by atoms with Gasteiger partial charge in [0.2, 0.25) is 0 Å². The van der Waals surface area contributed by atoms with Gasteiger partial charge in [-0.15, -0.1) is 0 Å². The summed E-state index contributed by atoms with van der Waals surface area (Å²) in [7, 11) is 0. The number of ether oxygens (including phenoxy) is 1. The molecule has 3 atom stereocenters. The second-order valence-corrected chi connectivity index (χ2v) is 5.70. The van der Waals surface area contributed by atoms with Crippen LogP contribution in [0.15, 0.2) is 24.3 Å². The van der Waals surface area contributed by atoms with Crippen LogP contribution in [0, 0.1) is 0 Å².